The Kier molecular flexibility index (Phi) is 5.57. The number of oxazole rings is 1. The molecule has 0 spiro atoms. The molecule has 1 aliphatic carbocycles. The van der Waals surface area contributed by atoms with Crippen LogP contribution in [0.3, 0.4) is 0 Å². The van der Waals surface area contributed by atoms with Crippen LogP contribution < -0.4 is 9.47 Å². The number of aromatic nitrogens is 1. The highest BCUT2D eigenvalue weighted by molar-refractivity contribution is 5.85. The lowest BCUT2D eigenvalue weighted by Gasteiger charge is -2.16. The number of halogens is 1. The Morgan fingerprint density at radius 1 is 1.15 bits per heavy atom. The normalized spacial score (nSPS) is 14.3. The van der Waals surface area contributed by atoms with E-state index in [1.54, 1.807) is 25.3 Å². The van der Waals surface area contributed by atoms with Crippen LogP contribution in [0.15, 0.2) is 40.8 Å². The molecule has 138 valence electrons. The average Bonchev–Trinajstić information content (AvgIpc) is 3.25. The van der Waals surface area contributed by atoms with Crippen molar-refractivity contribution in [1.82, 2.24) is 4.98 Å². The van der Waals surface area contributed by atoms with Gasteiger partial charge in [0, 0.05) is 6.42 Å². The molecular formula is C20H22ClNO4. The smallest absolute Gasteiger partial charge is 0.200 e. The first-order chi connectivity index (χ1) is 12.2. The molecule has 1 heterocycles. The molecule has 1 aromatic heterocycles. The van der Waals surface area contributed by atoms with Crippen LogP contribution in [-0.4, -0.2) is 23.3 Å². The second-order valence-corrected chi connectivity index (χ2v) is 6.42. The second-order valence-electron chi connectivity index (χ2n) is 6.42. The van der Waals surface area contributed by atoms with Crippen LogP contribution >= 0.6 is 12.4 Å². The van der Waals surface area contributed by atoms with E-state index < -0.39 is 0 Å². The van der Waals surface area contributed by atoms with Crippen molar-refractivity contribution in [3.8, 4) is 17.2 Å². The Morgan fingerprint density at radius 2 is 1.96 bits per heavy atom. The number of ether oxygens (including phenoxy) is 2. The largest absolute Gasteiger partial charge is 0.506 e. The quantitative estimate of drug-likeness (QED) is 0.688. The van der Waals surface area contributed by atoms with E-state index in [1.165, 1.54) is 12.8 Å². The van der Waals surface area contributed by atoms with Crippen molar-refractivity contribution < 1.29 is 19.0 Å². The van der Waals surface area contributed by atoms with Crippen LogP contribution in [0, 0.1) is 0 Å². The number of hydrogen-bond acceptors (Lipinski definition) is 5. The fourth-order valence-electron chi connectivity index (χ4n) is 3.34. The lowest BCUT2D eigenvalue weighted by Crippen LogP contribution is -2.11. The molecular weight excluding hydrogens is 354 g/mol. The highest BCUT2D eigenvalue weighted by atomic mass is 35.5. The Bertz CT molecular complexity index is 887. The molecule has 26 heavy (non-hydrogen) atoms. The Balaban J connectivity index is 0.00000196. The number of phenolic OH excluding ortho intramolecular Hbond substituents is 1. The fraction of sp³-hybridized carbons (Fsp3) is 0.350. The fourth-order valence-corrected chi connectivity index (χ4v) is 3.34. The van der Waals surface area contributed by atoms with Gasteiger partial charge in [-0.25, -0.2) is 4.98 Å². The maximum Gasteiger partial charge on any atom is 0.200 e. The van der Waals surface area contributed by atoms with Gasteiger partial charge in [0.05, 0.1) is 13.2 Å². The van der Waals surface area contributed by atoms with Crippen LogP contribution in [0.25, 0.3) is 11.1 Å². The molecule has 0 unspecified atom stereocenters. The number of benzene rings is 2. The summed E-state index contributed by atoms with van der Waals surface area (Å²) in [6, 6.07) is 11.0. The van der Waals surface area contributed by atoms with Gasteiger partial charge in [-0.3, -0.25) is 0 Å². The van der Waals surface area contributed by atoms with Crippen LogP contribution in [0.4, 0.5) is 0 Å². The number of nitrogens with zero attached hydrogens (tertiary/aromatic N) is 1. The van der Waals surface area contributed by atoms with E-state index in [4.69, 9.17) is 13.9 Å². The minimum Gasteiger partial charge on any atom is -0.506 e. The van der Waals surface area contributed by atoms with E-state index in [1.807, 2.05) is 18.2 Å². The zero-order valence-electron chi connectivity index (χ0n) is 14.6. The predicted octanol–water partition coefficient (Wildman–Crippen LogP) is 4.88. The molecule has 5 nitrogen and oxygen atoms in total. The molecule has 0 aliphatic heterocycles. The Morgan fingerprint density at radius 3 is 2.69 bits per heavy atom. The summed E-state index contributed by atoms with van der Waals surface area (Å²) in [6.45, 7) is 0. The van der Waals surface area contributed by atoms with Crippen molar-refractivity contribution in [2.45, 2.75) is 38.2 Å². The Hall–Kier alpha value is -2.40. The van der Waals surface area contributed by atoms with Gasteiger partial charge in [0.15, 0.2) is 28.5 Å². The molecule has 0 bridgehead atoms. The molecule has 2 aromatic carbocycles. The summed E-state index contributed by atoms with van der Waals surface area (Å²) in [7, 11) is 1.65. The number of rotatable bonds is 5. The summed E-state index contributed by atoms with van der Waals surface area (Å²) in [6.07, 6.45) is 5.43. The minimum atomic E-state index is 0. The van der Waals surface area contributed by atoms with Crippen molar-refractivity contribution in [1.29, 1.82) is 0 Å². The topological polar surface area (TPSA) is 64.7 Å². The SMILES string of the molecule is COc1ccc(Cc2nc3c(O)cccc3o2)cc1OC1CCCC1.Cl. The number of hydrogen-bond donors (Lipinski definition) is 1. The van der Waals surface area contributed by atoms with Gasteiger partial charge >= 0.3 is 0 Å². The molecule has 4 rings (SSSR count). The molecule has 1 N–H and O–H groups in total. The average molecular weight is 376 g/mol. The number of phenols is 1. The van der Waals surface area contributed by atoms with Crippen LogP contribution in [0.5, 0.6) is 17.2 Å². The van der Waals surface area contributed by atoms with E-state index in [9.17, 15) is 5.11 Å². The molecule has 6 heteroatoms. The van der Waals surface area contributed by atoms with E-state index >= 15 is 0 Å². The van der Waals surface area contributed by atoms with E-state index in [0.29, 0.717) is 23.4 Å². The van der Waals surface area contributed by atoms with Crippen molar-refractivity contribution >= 4 is 23.5 Å². The third-order valence-corrected chi connectivity index (χ3v) is 4.62. The molecule has 0 amide bonds. The highest BCUT2D eigenvalue weighted by Gasteiger charge is 2.19. The molecule has 1 aliphatic rings. The van der Waals surface area contributed by atoms with Crippen molar-refractivity contribution in [3.63, 3.8) is 0 Å². The minimum absolute atomic E-state index is 0. The molecule has 3 aromatic rings. The second kappa shape index (κ2) is 7.87. The predicted molar refractivity (Wildman–Crippen MR) is 102 cm³/mol. The summed E-state index contributed by atoms with van der Waals surface area (Å²) in [5, 5.41) is 9.86. The lowest BCUT2D eigenvalue weighted by atomic mass is 10.1. The molecule has 0 atom stereocenters. The van der Waals surface area contributed by atoms with Crippen LogP contribution in [0.1, 0.15) is 37.1 Å². The van der Waals surface area contributed by atoms with Gasteiger partial charge in [0.2, 0.25) is 0 Å². The van der Waals surface area contributed by atoms with Gasteiger partial charge in [-0.2, -0.15) is 0 Å². The summed E-state index contributed by atoms with van der Waals surface area (Å²) in [5.74, 6) is 2.21. The highest BCUT2D eigenvalue weighted by Crippen LogP contribution is 2.33. The number of fused-ring (bicyclic) bond motifs is 1. The van der Waals surface area contributed by atoms with Gasteiger partial charge in [0.1, 0.15) is 5.75 Å². The lowest BCUT2D eigenvalue weighted by molar-refractivity contribution is 0.200. The zero-order chi connectivity index (χ0) is 17.2. The van der Waals surface area contributed by atoms with E-state index in [-0.39, 0.29) is 24.3 Å². The number of para-hydroxylation sites is 1. The number of methoxy groups -OCH3 is 1. The summed E-state index contributed by atoms with van der Waals surface area (Å²) >= 11 is 0. The van der Waals surface area contributed by atoms with E-state index in [0.717, 1.165) is 29.9 Å². The van der Waals surface area contributed by atoms with Gasteiger partial charge < -0.3 is 19.0 Å². The first-order valence-electron chi connectivity index (χ1n) is 8.64. The van der Waals surface area contributed by atoms with Gasteiger partial charge in [0.25, 0.3) is 0 Å². The first-order valence-corrected chi connectivity index (χ1v) is 8.64. The first kappa shape index (κ1) is 18.4. The maximum absolute atomic E-state index is 9.86. The zero-order valence-corrected chi connectivity index (χ0v) is 15.4. The van der Waals surface area contributed by atoms with Crippen LogP contribution in [-0.2, 0) is 6.42 Å². The Labute approximate surface area is 158 Å². The monoisotopic (exact) mass is 375 g/mol. The molecule has 0 saturated heterocycles. The van der Waals surface area contributed by atoms with Crippen molar-refractivity contribution in [2.24, 2.45) is 0 Å². The summed E-state index contributed by atoms with van der Waals surface area (Å²) < 4.78 is 17.3. The number of aromatic hydroxyl groups is 1. The van der Waals surface area contributed by atoms with Crippen LogP contribution in [0.2, 0.25) is 0 Å². The summed E-state index contributed by atoms with van der Waals surface area (Å²) in [4.78, 5) is 4.39. The molecule has 0 radical (unpaired) electrons. The third kappa shape index (κ3) is 3.73. The van der Waals surface area contributed by atoms with Crippen molar-refractivity contribution in [2.75, 3.05) is 7.11 Å². The van der Waals surface area contributed by atoms with Gasteiger partial charge in [-0.15, -0.1) is 12.4 Å². The van der Waals surface area contributed by atoms with Gasteiger partial charge in [-0.05, 0) is 55.5 Å². The van der Waals surface area contributed by atoms with Gasteiger partial charge in [-0.1, -0.05) is 12.1 Å². The summed E-state index contributed by atoms with van der Waals surface area (Å²) in [5.41, 5.74) is 2.11. The van der Waals surface area contributed by atoms with Crippen molar-refractivity contribution in [3.05, 3.63) is 47.9 Å². The standard InChI is InChI=1S/C20H21NO4.ClH/c1-23-16-10-9-13(11-18(16)24-14-5-2-3-6-14)12-19-21-20-15(22)7-4-8-17(20)25-19;/h4,7-11,14,22H,2-3,5-6,12H2,1H3;1H. The third-order valence-electron chi connectivity index (χ3n) is 4.62. The van der Waals surface area contributed by atoms with E-state index in [2.05, 4.69) is 4.98 Å². The molecule has 1 saturated carbocycles. The molecule has 1 fully saturated rings. The maximum atomic E-state index is 9.86.